The van der Waals surface area contributed by atoms with Crippen LogP contribution in [-0.4, -0.2) is 13.7 Å². The summed E-state index contributed by atoms with van der Waals surface area (Å²) in [5, 5.41) is 3.49. The molecule has 1 heterocycles. The highest BCUT2D eigenvalue weighted by Crippen LogP contribution is 2.31. The van der Waals surface area contributed by atoms with E-state index in [-0.39, 0.29) is 6.04 Å². The summed E-state index contributed by atoms with van der Waals surface area (Å²) in [4.78, 5) is 0. The van der Waals surface area contributed by atoms with Gasteiger partial charge in [0.05, 0.1) is 13.4 Å². The summed E-state index contributed by atoms with van der Waals surface area (Å²) in [7, 11) is 1.68. The lowest BCUT2D eigenvalue weighted by Crippen LogP contribution is -2.23. The average Bonchev–Trinajstić information content (AvgIpc) is 2.86. The van der Waals surface area contributed by atoms with Crippen molar-refractivity contribution in [3.8, 4) is 5.75 Å². The lowest BCUT2D eigenvalue weighted by atomic mass is 10.0. The van der Waals surface area contributed by atoms with E-state index in [0.29, 0.717) is 0 Å². The lowest BCUT2D eigenvalue weighted by Gasteiger charge is -2.18. The van der Waals surface area contributed by atoms with Gasteiger partial charge in [-0.1, -0.05) is 22.9 Å². The molecule has 0 aliphatic heterocycles. The Bertz CT molecular complexity index is 569. The first kappa shape index (κ1) is 15.6. The molecule has 0 amide bonds. The fraction of sp³-hybridized carbons (Fsp3) is 0.333. The molecule has 0 spiro atoms. The predicted molar refractivity (Wildman–Crippen MR) is 87.2 cm³/mol. The van der Waals surface area contributed by atoms with Crippen molar-refractivity contribution >= 4 is 31.9 Å². The third-order valence-corrected chi connectivity index (χ3v) is 4.57. The van der Waals surface area contributed by atoms with Crippen molar-refractivity contribution in [3.05, 3.63) is 50.8 Å². The average molecular weight is 403 g/mol. The molecule has 5 heteroatoms. The number of methoxy groups -OCH3 is 1. The number of nitrogens with one attached hydrogen (secondary N) is 1. The van der Waals surface area contributed by atoms with Gasteiger partial charge in [-0.25, -0.2) is 0 Å². The zero-order valence-electron chi connectivity index (χ0n) is 11.5. The molecule has 1 atom stereocenters. The van der Waals surface area contributed by atoms with Crippen molar-refractivity contribution in [1.29, 1.82) is 0 Å². The molecule has 2 aromatic rings. The van der Waals surface area contributed by atoms with E-state index >= 15 is 0 Å². The Hall–Kier alpha value is -0.780. The summed E-state index contributed by atoms with van der Waals surface area (Å²) in [6.07, 6.45) is 2.55. The molecule has 0 radical (unpaired) electrons. The molecule has 108 valence electrons. The zero-order chi connectivity index (χ0) is 14.5. The zero-order valence-corrected chi connectivity index (χ0v) is 14.6. The van der Waals surface area contributed by atoms with Crippen molar-refractivity contribution in [2.24, 2.45) is 0 Å². The number of ether oxygens (including phenoxy) is 1. The number of hydrogen-bond donors (Lipinski definition) is 1. The summed E-state index contributed by atoms with van der Waals surface area (Å²) in [5.41, 5.74) is 2.32. The van der Waals surface area contributed by atoms with Crippen molar-refractivity contribution in [2.45, 2.75) is 19.4 Å². The molecule has 0 aliphatic carbocycles. The van der Waals surface area contributed by atoms with Crippen LogP contribution in [0.15, 0.2) is 44.1 Å². The first-order chi connectivity index (χ1) is 9.65. The molecule has 1 N–H and O–H groups in total. The van der Waals surface area contributed by atoms with Gasteiger partial charge < -0.3 is 14.5 Å². The first-order valence-electron chi connectivity index (χ1n) is 6.44. The normalized spacial score (nSPS) is 12.4. The van der Waals surface area contributed by atoms with Gasteiger partial charge in [0.2, 0.25) is 0 Å². The Balaban J connectivity index is 2.26. The molecule has 20 heavy (non-hydrogen) atoms. The Kier molecular flexibility index (Phi) is 5.69. The standard InChI is InChI=1S/C15H17Br2NO2/c1-3-18-14(12-6-7-20-15(12)17)9-10-8-11(19-2)4-5-13(10)16/h4-8,14,18H,3,9H2,1-2H3. The van der Waals surface area contributed by atoms with Gasteiger partial charge in [-0.05, 0) is 58.7 Å². The summed E-state index contributed by atoms with van der Waals surface area (Å²) >= 11 is 7.06. The molecule has 0 aliphatic rings. The quantitative estimate of drug-likeness (QED) is 0.759. The van der Waals surface area contributed by atoms with Crippen LogP contribution >= 0.6 is 31.9 Å². The van der Waals surface area contributed by atoms with Crippen LogP contribution in [0.4, 0.5) is 0 Å². The highest BCUT2D eigenvalue weighted by atomic mass is 79.9. The van der Waals surface area contributed by atoms with Crippen LogP contribution in [0.2, 0.25) is 0 Å². The smallest absolute Gasteiger partial charge is 0.173 e. The van der Waals surface area contributed by atoms with Gasteiger partial charge in [0.15, 0.2) is 4.67 Å². The molecule has 0 saturated heterocycles. The van der Waals surface area contributed by atoms with E-state index in [0.717, 1.165) is 33.4 Å². The van der Waals surface area contributed by atoms with E-state index in [1.54, 1.807) is 13.4 Å². The fourth-order valence-corrected chi connectivity index (χ4v) is 3.07. The largest absolute Gasteiger partial charge is 0.497 e. The molecular weight excluding hydrogens is 386 g/mol. The Morgan fingerprint density at radius 1 is 1.30 bits per heavy atom. The molecule has 1 aromatic carbocycles. The number of benzene rings is 1. The van der Waals surface area contributed by atoms with Gasteiger partial charge in [-0.15, -0.1) is 0 Å². The van der Waals surface area contributed by atoms with Gasteiger partial charge >= 0.3 is 0 Å². The van der Waals surface area contributed by atoms with E-state index in [4.69, 9.17) is 9.15 Å². The molecule has 1 unspecified atom stereocenters. The minimum atomic E-state index is 0.191. The van der Waals surface area contributed by atoms with E-state index in [2.05, 4.69) is 50.2 Å². The van der Waals surface area contributed by atoms with Crippen LogP contribution in [0.3, 0.4) is 0 Å². The minimum Gasteiger partial charge on any atom is -0.497 e. The van der Waals surface area contributed by atoms with E-state index < -0.39 is 0 Å². The van der Waals surface area contributed by atoms with Crippen molar-refractivity contribution in [2.75, 3.05) is 13.7 Å². The Morgan fingerprint density at radius 3 is 2.70 bits per heavy atom. The molecule has 2 rings (SSSR count). The van der Waals surface area contributed by atoms with Gasteiger partial charge in [0.1, 0.15) is 5.75 Å². The number of halogens is 2. The minimum absolute atomic E-state index is 0.191. The van der Waals surface area contributed by atoms with E-state index in [1.807, 2.05) is 18.2 Å². The van der Waals surface area contributed by atoms with E-state index in [9.17, 15) is 0 Å². The summed E-state index contributed by atoms with van der Waals surface area (Å²) in [5.74, 6) is 0.865. The SMILES string of the molecule is CCNC(Cc1cc(OC)ccc1Br)c1ccoc1Br. The topological polar surface area (TPSA) is 34.4 Å². The van der Waals surface area contributed by atoms with Crippen LogP contribution in [0.1, 0.15) is 24.1 Å². The first-order valence-corrected chi connectivity index (χ1v) is 8.03. The second kappa shape index (κ2) is 7.29. The van der Waals surface area contributed by atoms with Crippen LogP contribution in [0.5, 0.6) is 5.75 Å². The van der Waals surface area contributed by atoms with Crippen molar-refractivity contribution < 1.29 is 9.15 Å². The van der Waals surface area contributed by atoms with Crippen LogP contribution in [0.25, 0.3) is 0 Å². The van der Waals surface area contributed by atoms with Gasteiger partial charge in [-0.3, -0.25) is 0 Å². The maximum absolute atomic E-state index is 5.34. The number of rotatable bonds is 6. The fourth-order valence-electron chi connectivity index (χ4n) is 2.15. The molecule has 0 saturated carbocycles. The third kappa shape index (κ3) is 3.65. The molecule has 0 bridgehead atoms. The maximum Gasteiger partial charge on any atom is 0.173 e. The van der Waals surface area contributed by atoms with Gasteiger partial charge in [-0.2, -0.15) is 0 Å². The van der Waals surface area contributed by atoms with Crippen LogP contribution < -0.4 is 10.1 Å². The second-order valence-corrected chi connectivity index (χ2v) is 6.00. The summed E-state index contributed by atoms with van der Waals surface area (Å²) in [6.45, 7) is 2.99. The highest BCUT2D eigenvalue weighted by molar-refractivity contribution is 9.10. The van der Waals surface area contributed by atoms with Gasteiger partial charge in [0, 0.05) is 16.1 Å². The van der Waals surface area contributed by atoms with Gasteiger partial charge in [0.25, 0.3) is 0 Å². The number of likely N-dealkylation sites (N-methyl/N-ethyl adjacent to an activating group) is 1. The van der Waals surface area contributed by atoms with Crippen LogP contribution in [-0.2, 0) is 6.42 Å². The third-order valence-electron chi connectivity index (χ3n) is 3.15. The van der Waals surface area contributed by atoms with Crippen LogP contribution in [0, 0.1) is 0 Å². The second-order valence-electron chi connectivity index (χ2n) is 4.42. The maximum atomic E-state index is 5.34. The molecule has 0 fully saturated rings. The molecule has 1 aromatic heterocycles. The summed E-state index contributed by atoms with van der Waals surface area (Å²) < 4.78 is 12.5. The monoisotopic (exact) mass is 401 g/mol. The Labute approximate surface area is 136 Å². The lowest BCUT2D eigenvalue weighted by molar-refractivity contribution is 0.413. The molecule has 3 nitrogen and oxygen atoms in total. The number of hydrogen-bond acceptors (Lipinski definition) is 3. The van der Waals surface area contributed by atoms with Crippen molar-refractivity contribution in [3.63, 3.8) is 0 Å². The number of furan rings is 1. The highest BCUT2D eigenvalue weighted by Gasteiger charge is 2.18. The Morgan fingerprint density at radius 2 is 2.10 bits per heavy atom. The van der Waals surface area contributed by atoms with Crippen molar-refractivity contribution in [1.82, 2.24) is 5.32 Å². The molecular formula is C15H17Br2NO2. The summed E-state index contributed by atoms with van der Waals surface area (Å²) in [6, 6.07) is 8.20. The van der Waals surface area contributed by atoms with E-state index in [1.165, 1.54) is 5.56 Å². The predicted octanol–water partition coefficient (Wildman–Crippen LogP) is 4.71.